The minimum atomic E-state index is -4.60. The van der Waals surface area contributed by atoms with Crippen molar-refractivity contribution < 1.29 is 13.2 Å². The maximum Gasteiger partial charge on any atom is 0.433 e. The van der Waals surface area contributed by atoms with E-state index in [1.54, 1.807) is 24.3 Å². The van der Waals surface area contributed by atoms with Gasteiger partial charge in [0.05, 0.1) is 10.9 Å². The third-order valence-corrected chi connectivity index (χ3v) is 2.97. The lowest BCUT2D eigenvalue weighted by Gasteiger charge is -2.08. The van der Waals surface area contributed by atoms with Crippen molar-refractivity contribution in [2.45, 2.75) is 13.1 Å². The van der Waals surface area contributed by atoms with Crippen molar-refractivity contribution in [1.29, 1.82) is 0 Å². The normalized spacial score (nSPS) is 11.8. The molecule has 0 spiro atoms. The Kier molecular flexibility index (Phi) is 3.16. The summed E-state index contributed by atoms with van der Waals surface area (Å²) in [6.07, 6.45) is -4.60. The average Bonchev–Trinajstić information content (AvgIpc) is 2.45. The fourth-order valence-corrected chi connectivity index (χ4v) is 2.01. The molecule has 0 aliphatic rings. The number of nitrogens with zero attached hydrogens (tertiary/aromatic N) is 3. The highest BCUT2D eigenvalue weighted by Crippen LogP contribution is 2.28. The van der Waals surface area contributed by atoms with Gasteiger partial charge in [0, 0.05) is 5.69 Å². The highest BCUT2D eigenvalue weighted by atomic mass is 19.4. The fraction of sp³-hybridized carbons (Fsp3) is 0.143. The van der Waals surface area contributed by atoms with Crippen molar-refractivity contribution in [1.82, 2.24) is 19.9 Å². The number of benzene rings is 1. The van der Waals surface area contributed by atoms with E-state index in [-0.39, 0.29) is 17.3 Å². The minimum Gasteiger partial charge on any atom is -0.303 e. The quantitative estimate of drug-likeness (QED) is 0.750. The van der Waals surface area contributed by atoms with Crippen LogP contribution in [-0.2, 0) is 6.18 Å². The summed E-state index contributed by atoms with van der Waals surface area (Å²) in [5.41, 5.74) is -1.04. The second-order valence-electron chi connectivity index (χ2n) is 4.65. The molecule has 8 heteroatoms. The summed E-state index contributed by atoms with van der Waals surface area (Å²) in [6.45, 7) is 1.42. The molecule has 0 bridgehead atoms. The summed E-state index contributed by atoms with van der Waals surface area (Å²) < 4.78 is 38.4. The van der Waals surface area contributed by atoms with Gasteiger partial charge in [0.2, 0.25) is 0 Å². The maximum atomic E-state index is 12.8. The van der Waals surface area contributed by atoms with Gasteiger partial charge in [0.25, 0.3) is 5.56 Å². The molecule has 0 aliphatic carbocycles. The van der Waals surface area contributed by atoms with Crippen LogP contribution in [0.1, 0.15) is 11.4 Å². The van der Waals surface area contributed by atoms with E-state index >= 15 is 0 Å². The van der Waals surface area contributed by atoms with Gasteiger partial charge in [-0.1, -0.05) is 12.1 Å². The van der Waals surface area contributed by atoms with Crippen LogP contribution in [0, 0.1) is 6.92 Å². The number of hydrogen-bond acceptors (Lipinski definition) is 4. The lowest BCUT2D eigenvalue weighted by atomic mass is 10.2. The fourth-order valence-electron chi connectivity index (χ4n) is 2.01. The minimum absolute atomic E-state index is 0.0992. The second kappa shape index (κ2) is 4.90. The largest absolute Gasteiger partial charge is 0.433 e. The molecular formula is C14H9F3N4O. The molecule has 0 saturated heterocycles. The molecule has 0 radical (unpaired) electrons. The number of halogens is 3. The van der Waals surface area contributed by atoms with Crippen LogP contribution >= 0.6 is 0 Å². The average molecular weight is 306 g/mol. The van der Waals surface area contributed by atoms with E-state index in [4.69, 9.17) is 0 Å². The number of H-pyrrole nitrogens is 1. The number of aromatic amines is 1. The molecule has 2 heterocycles. The molecule has 2 aromatic heterocycles. The van der Waals surface area contributed by atoms with Gasteiger partial charge in [-0.3, -0.25) is 4.79 Å². The monoisotopic (exact) mass is 306 g/mol. The van der Waals surface area contributed by atoms with Gasteiger partial charge >= 0.3 is 6.18 Å². The predicted molar refractivity (Wildman–Crippen MR) is 73.1 cm³/mol. The molecule has 0 amide bonds. The van der Waals surface area contributed by atoms with Crippen LogP contribution in [0.2, 0.25) is 0 Å². The molecule has 1 aromatic carbocycles. The summed E-state index contributed by atoms with van der Waals surface area (Å²) in [7, 11) is 0. The zero-order valence-electron chi connectivity index (χ0n) is 11.3. The van der Waals surface area contributed by atoms with Crippen LogP contribution in [0.3, 0.4) is 0 Å². The standard InChI is InChI=1S/C14H9F3N4O/c1-7-6-10(14(15,16)17)20-11(18-7)12-19-9-5-3-2-4-8(9)13(22)21-12/h2-6H,1H3,(H,19,21,22). The Hall–Kier alpha value is -2.77. The smallest absolute Gasteiger partial charge is 0.303 e. The van der Waals surface area contributed by atoms with Crippen molar-refractivity contribution in [3.05, 3.63) is 52.1 Å². The Balaban J connectivity index is 2.24. The first kappa shape index (κ1) is 14.2. The maximum absolute atomic E-state index is 12.8. The molecule has 112 valence electrons. The van der Waals surface area contributed by atoms with Gasteiger partial charge in [-0.25, -0.2) is 15.0 Å². The molecule has 0 fully saturated rings. The zero-order valence-corrected chi connectivity index (χ0v) is 11.3. The van der Waals surface area contributed by atoms with Crippen LogP contribution in [0.4, 0.5) is 13.2 Å². The van der Waals surface area contributed by atoms with Gasteiger partial charge in [0.15, 0.2) is 11.6 Å². The number of para-hydroxylation sites is 1. The predicted octanol–water partition coefficient (Wildman–Crippen LogP) is 2.71. The molecule has 5 nitrogen and oxygen atoms in total. The van der Waals surface area contributed by atoms with Crippen LogP contribution < -0.4 is 5.56 Å². The van der Waals surface area contributed by atoms with E-state index in [2.05, 4.69) is 19.9 Å². The van der Waals surface area contributed by atoms with Crippen LogP contribution in [0.25, 0.3) is 22.6 Å². The van der Waals surface area contributed by atoms with Crippen molar-refractivity contribution in [2.24, 2.45) is 0 Å². The molecule has 0 unspecified atom stereocenters. The van der Waals surface area contributed by atoms with Crippen LogP contribution in [0.5, 0.6) is 0 Å². The van der Waals surface area contributed by atoms with E-state index in [0.29, 0.717) is 10.9 Å². The Bertz CT molecular complexity index is 918. The molecule has 0 aliphatic heterocycles. The molecule has 1 N–H and O–H groups in total. The summed E-state index contributed by atoms with van der Waals surface area (Å²) in [5, 5.41) is 0.343. The number of rotatable bonds is 1. The first-order valence-corrected chi connectivity index (χ1v) is 6.27. The zero-order chi connectivity index (χ0) is 15.9. The second-order valence-corrected chi connectivity index (χ2v) is 4.65. The highest BCUT2D eigenvalue weighted by Gasteiger charge is 2.33. The van der Waals surface area contributed by atoms with E-state index in [9.17, 15) is 18.0 Å². The van der Waals surface area contributed by atoms with E-state index < -0.39 is 17.4 Å². The van der Waals surface area contributed by atoms with Crippen molar-refractivity contribution >= 4 is 10.9 Å². The SMILES string of the molecule is Cc1cc(C(F)(F)F)nc(-c2nc3ccccc3c(=O)[nH]2)n1. The van der Waals surface area contributed by atoms with Gasteiger partial charge in [-0.2, -0.15) is 13.2 Å². The number of nitrogens with one attached hydrogen (secondary N) is 1. The third kappa shape index (κ3) is 2.54. The summed E-state index contributed by atoms with van der Waals surface area (Å²) in [6, 6.07) is 7.35. The van der Waals surface area contributed by atoms with Crippen molar-refractivity contribution in [3.8, 4) is 11.6 Å². The highest BCUT2D eigenvalue weighted by molar-refractivity contribution is 5.78. The lowest BCUT2D eigenvalue weighted by Crippen LogP contribution is -2.14. The summed E-state index contributed by atoms with van der Waals surface area (Å²) >= 11 is 0. The van der Waals surface area contributed by atoms with Gasteiger partial charge in [-0.15, -0.1) is 0 Å². The molecule has 3 rings (SSSR count). The number of alkyl halides is 3. The first-order chi connectivity index (χ1) is 10.3. The number of hydrogen-bond donors (Lipinski definition) is 1. The summed E-state index contributed by atoms with van der Waals surface area (Å²) in [5.74, 6) is -0.368. The van der Waals surface area contributed by atoms with E-state index in [0.717, 1.165) is 6.07 Å². The number of fused-ring (bicyclic) bond motifs is 1. The molecule has 0 saturated carbocycles. The van der Waals surface area contributed by atoms with Crippen LogP contribution in [0.15, 0.2) is 35.1 Å². The van der Waals surface area contributed by atoms with Crippen LogP contribution in [-0.4, -0.2) is 19.9 Å². The van der Waals surface area contributed by atoms with Crippen molar-refractivity contribution in [3.63, 3.8) is 0 Å². The Morgan fingerprint density at radius 2 is 1.82 bits per heavy atom. The third-order valence-electron chi connectivity index (χ3n) is 2.97. The van der Waals surface area contributed by atoms with Gasteiger partial charge < -0.3 is 4.98 Å². The van der Waals surface area contributed by atoms with E-state index in [1.807, 2.05) is 0 Å². The molecule has 0 atom stereocenters. The Morgan fingerprint density at radius 1 is 1.09 bits per heavy atom. The number of aromatic nitrogens is 4. The Morgan fingerprint density at radius 3 is 2.55 bits per heavy atom. The van der Waals surface area contributed by atoms with Gasteiger partial charge in [-0.05, 0) is 25.1 Å². The van der Waals surface area contributed by atoms with E-state index in [1.165, 1.54) is 6.92 Å². The summed E-state index contributed by atoms with van der Waals surface area (Å²) in [4.78, 5) is 25.9. The first-order valence-electron chi connectivity index (χ1n) is 6.27. The molecule has 22 heavy (non-hydrogen) atoms. The topological polar surface area (TPSA) is 71.5 Å². The Labute approximate surface area is 121 Å². The number of aryl methyl sites for hydroxylation is 1. The van der Waals surface area contributed by atoms with Gasteiger partial charge in [0.1, 0.15) is 5.69 Å². The molecule has 3 aromatic rings. The molecular weight excluding hydrogens is 297 g/mol. The van der Waals surface area contributed by atoms with Crippen molar-refractivity contribution in [2.75, 3.05) is 0 Å². The lowest BCUT2D eigenvalue weighted by molar-refractivity contribution is -0.141.